The standard InChI is InChI=1S/C19H21N3O6/c1-5-27-18(24)13-12(10-7-6-8-11(9-10)26-4)14-16(23)21(2)19(25)22(3)17(14)28-15(13)20/h6-9,12H,5,20H2,1-4H3/t12-/m0/s1. The van der Waals surface area contributed by atoms with Crippen molar-refractivity contribution in [3.05, 3.63) is 67.7 Å². The van der Waals surface area contributed by atoms with Crippen LogP contribution in [0.4, 0.5) is 0 Å². The van der Waals surface area contributed by atoms with Crippen LogP contribution < -0.4 is 26.5 Å². The number of hydrogen-bond donors (Lipinski definition) is 1. The van der Waals surface area contributed by atoms with Crippen molar-refractivity contribution in [3.8, 4) is 11.6 Å². The first-order valence-electron chi connectivity index (χ1n) is 8.60. The minimum atomic E-state index is -0.886. The highest BCUT2D eigenvalue weighted by molar-refractivity contribution is 5.92. The highest BCUT2D eigenvalue weighted by Crippen LogP contribution is 2.40. The molecule has 1 aliphatic rings. The molecule has 0 spiro atoms. The molecule has 2 heterocycles. The normalized spacial score (nSPS) is 15.6. The topological polar surface area (TPSA) is 115 Å². The van der Waals surface area contributed by atoms with Crippen molar-refractivity contribution in [2.75, 3.05) is 13.7 Å². The second kappa shape index (κ2) is 7.26. The summed E-state index contributed by atoms with van der Waals surface area (Å²) >= 11 is 0. The van der Waals surface area contributed by atoms with Crippen LogP contribution in [0.15, 0.2) is 45.3 Å². The third-order valence-corrected chi connectivity index (χ3v) is 4.62. The fourth-order valence-electron chi connectivity index (χ4n) is 3.25. The molecular formula is C19H21N3O6. The number of fused-ring (bicyclic) bond motifs is 1. The maximum atomic E-state index is 13.0. The molecule has 28 heavy (non-hydrogen) atoms. The molecule has 0 radical (unpaired) electrons. The predicted molar refractivity (Wildman–Crippen MR) is 100 cm³/mol. The number of rotatable bonds is 4. The molecule has 0 bridgehead atoms. The summed E-state index contributed by atoms with van der Waals surface area (Å²) in [5, 5.41) is 0. The van der Waals surface area contributed by atoms with E-state index in [-0.39, 0.29) is 29.5 Å². The lowest BCUT2D eigenvalue weighted by molar-refractivity contribution is -0.139. The number of hydrogen-bond acceptors (Lipinski definition) is 7. The second-order valence-electron chi connectivity index (χ2n) is 6.23. The van der Waals surface area contributed by atoms with E-state index in [4.69, 9.17) is 19.9 Å². The largest absolute Gasteiger partial charge is 0.497 e. The molecule has 0 saturated heterocycles. The SMILES string of the molecule is CCOC(=O)C1=C(N)Oc2c(c(=O)n(C)c(=O)n2C)[C@H]1c1cccc(OC)c1. The molecule has 0 unspecified atom stereocenters. The first-order chi connectivity index (χ1) is 13.3. The summed E-state index contributed by atoms with van der Waals surface area (Å²) in [6.07, 6.45) is 0. The second-order valence-corrected chi connectivity index (χ2v) is 6.23. The molecule has 1 aromatic carbocycles. The van der Waals surface area contributed by atoms with Gasteiger partial charge in [-0.05, 0) is 24.6 Å². The Morgan fingerprint density at radius 3 is 2.61 bits per heavy atom. The highest BCUT2D eigenvalue weighted by Gasteiger charge is 2.39. The van der Waals surface area contributed by atoms with Gasteiger partial charge in [-0.2, -0.15) is 0 Å². The van der Waals surface area contributed by atoms with Gasteiger partial charge in [-0.25, -0.2) is 9.59 Å². The van der Waals surface area contributed by atoms with Gasteiger partial charge in [0.1, 0.15) is 11.3 Å². The molecule has 0 aliphatic carbocycles. The Hall–Kier alpha value is -3.49. The monoisotopic (exact) mass is 387 g/mol. The first kappa shape index (κ1) is 19.3. The number of carbonyl (C=O) groups is 1. The summed E-state index contributed by atoms with van der Waals surface area (Å²) in [6.45, 7) is 1.79. The lowest BCUT2D eigenvalue weighted by Gasteiger charge is -2.29. The lowest BCUT2D eigenvalue weighted by atomic mass is 9.84. The van der Waals surface area contributed by atoms with Gasteiger partial charge in [-0.3, -0.25) is 13.9 Å². The van der Waals surface area contributed by atoms with E-state index >= 15 is 0 Å². The van der Waals surface area contributed by atoms with Crippen molar-refractivity contribution >= 4 is 5.97 Å². The highest BCUT2D eigenvalue weighted by atomic mass is 16.5. The smallest absolute Gasteiger partial charge is 0.340 e. The predicted octanol–water partition coefficient (Wildman–Crippen LogP) is 0.350. The number of carbonyl (C=O) groups excluding carboxylic acids is 1. The van der Waals surface area contributed by atoms with Crippen LogP contribution in [0.5, 0.6) is 11.6 Å². The van der Waals surface area contributed by atoms with E-state index in [1.807, 2.05) is 0 Å². The van der Waals surface area contributed by atoms with E-state index in [0.29, 0.717) is 11.3 Å². The Bertz CT molecular complexity index is 1100. The summed E-state index contributed by atoms with van der Waals surface area (Å²) in [4.78, 5) is 37.9. The summed E-state index contributed by atoms with van der Waals surface area (Å²) in [7, 11) is 4.33. The van der Waals surface area contributed by atoms with E-state index in [2.05, 4.69) is 0 Å². The van der Waals surface area contributed by atoms with Gasteiger partial charge >= 0.3 is 11.7 Å². The Morgan fingerprint density at radius 1 is 1.25 bits per heavy atom. The quantitative estimate of drug-likeness (QED) is 0.753. The van der Waals surface area contributed by atoms with Gasteiger partial charge < -0.3 is 19.9 Å². The molecule has 148 valence electrons. The molecule has 2 N–H and O–H groups in total. The van der Waals surface area contributed by atoms with E-state index < -0.39 is 23.1 Å². The van der Waals surface area contributed by atoms with Gasteiger partial charge in [-0.1, -0.05) is 12.1 Å². The zero-order chi connectivity index (χ0) is 20.6. The van der Waals surface area contributed by atoms with Gasteiger partial charge in [-0.15, -0.1) is 0 Å². The number of esters is 1. The lowest BCUT2D eigenvalue weighted by Crippen LogP contribution is -2.43. The van der Waals surface area contributed by atoms with E-state index in [0.717, 1.165) is 4.57 Å². The molecule has 0 fully saturated rings. The zero-order valence-electron chi connectivity index (χ0n) is 16.0. The molecule has 2 aromatic rings. The van der Waals surface area contributed by atoms with Crippen LogP contribution in [-0.4, -0.2) is 28.8 Å². The van der Waals surface area contributed by atoms with Gasteiger partial charge in [0.05, 0.1) is 25.2 Å². The van der Waals surface area contributed by atoms with Crippen molar-refractivity contribution in [3.63, 3.8) is 0 Å². The zero-order valence-corrected chi connectivity index (χ0v) is 16.0. The summed E-state index contributed by atoms with van der Waals surface area (Å²) in [5.41, 5.74) is 5.57. The van der Waals surface area contributed by atoms with E-state index in [1.165, 1.54) is 25.8 Å². The first-order valence-corrected chi connectivity index (χ1v) is 8.60. The van der Waals surface area contributed by atoms with Crippen molar-refractivity contribution in [1.29, 1.82) is 0 Å². The van der Waals surface area contributed by atoms with Crippen molar-refractivity contribution < 1.29 is 19.0 Å². The third kappa shape index (κ3) is 2.94. The van der Waals surface area contributed by atoms with E-state index in [1.54, 1.807) is 31.2 Å². The van der Waals surface area contributed by atoms with Crippen molar-refractivity contribution in [1.82, 2.24) is 9.13 Å². The molecular weight excluding hydrogens is 366 g/mol. The number of ether oxygens (including phenoxy) is 3. The van der Waals surface area contributed by atoms with Crippen LogP contribution in [-0.2, 0) is 23.6 Å². The van der Waals surface area contributed by atoms with Crippen LogP contribution in [0.1, 0.15) is 24.0 Å². The summed E-state index contributed by atoms with van der Waals surface area (Å²) < 4.78 is 18.1. The van der Waals surface area contributed by atoms with Gasteiger partial charge in [0.25, 0.3) is 5.56 Å². The Labute approximate surface area is 160 Å². The van der Waals surface area contributed by atoms with Crippen LogP contribution in [0.25, 0.3) is 0 Å². The van der Waals surface area contributed by atoms with Gasteiger partial charge in [0, 0.05) is 14.1 Å². The van der Waals surface area contributed by atoms with Crippen LogP contribution in [0, 0.1) is 0 Å². The van der Waals surface area contributed by atoms with Crippen molar-refractivity contribution in [2.24, 2.45) is 19.8 Å². The van der Waals surface area contributed by atoms with Gasteiger partial charge in [0.15, 0.2) is 0 Å². The molecule has 0 amide bonds. The maximum absolute atomic E-state index is 13.0. The fourth-order valence-corrected chi connectivity index (χ4v) is 3.25. The van der Waals surface area contributed by atoms with Crippen molar-refractivity contribution in [2.45, 2.75) is 12.8 Å². The van der Waals surface area contributed by atoms with Crippen LogP contribution in [0.3, 0.4) is 0 Å². The van der Waals surface area contributed by atoms with Crippen LogP contribution in [0.2, 0.25) is 0 Å². The average Bonchev–Trinajstić information content (AvgIpc) is 2.69. The Balaban J connectivity index is 2.38. The Kier molecular flexibility index (Phi) is 5.00. The molecule has 1 aliphatic heterocycles. The Morgan fingerprint density at radius 2 is 1.96 bits per heavy atom. The number of nitrogens with zero attached hydrogens (tertiary/aromatic N) is 2. The third-order valence-electron chi connectivity index (χ3n) is 4.62. The fraction of sp³-hybridized carbons (Fsp3) is 0.316. The maximum Gasteiger partial charge on any atom is 0.340 e. The summed E-state index contributed by atoms with van der Waals surface area (Å²) in [5.74, 6) is -1.28. The molecule has 1 atom stereocenters. The number of nitrogens with two attached hydrogens (primary N) is 1. The van der Waals surface area contributed by atoms with E-state index in [9.17, 15) is 14.4 Å². The van der Waals surface area contributed by atoms with Crippen LogP contribution >= 0.6 is 0 Å². The van der Waals surface area contributed by atoms with Gasteiger partial charge in [0.2, 0.25) is 11.8 Å². The molecule has 9 heteroatoms. The number of benzene rings is 1. The molecule has 1 aromatic heterocycles. The molecule has 9 nitrogen and oxygen atoms in total. The molecule has 0 saturated carbocycles. The summed E-state index contributed by atoms with van der Waals surface area (Å²) in [6, 6.07) is 6.89. The molecule has 3 rings (SSSR count). The number of aromatic nitrogens is 2. The minimum absolute atomic E-state index is 0.00153. The average molecular weight is 387 g/mol. The number of methoxy groups -OCH3 is 1. The minimum Gasteiger partial charge on any atom is -0.497 e.